The molecule has 0 aromatic carbocycles. The van der Waals surface area contributed by atoms with Gasteiger partial charge in [0.15, 0.2) is 5.69 Å². The van der Waals surface area contributed by atoms with E-state index in [4.69, 9.17) is 9.47 Å². The molecule has 3 rings (SSSR count). The number of amides is 1. The number of ether oxygens (including phenoxy) is 2. The summed E-state index contributed by atoms with van der Waals surface area (Å²) in [5, 5.41) is 3.09. The summed E-state index contributed by atoms with van der Waals surface area (Å²) in [6, 6.07) is 2.08. The molecule has 0 radical (unpaired) electrons. The number of fused-ring (bicyclic) bond motifs is 1. The lowest BCUT2D eigenvalue weighted by molar-refractivity contribution is -0.00409. The molecular formula is C17H24N4O3. The lowest BCUT2D eigenvalue weighted by Gasteiger charge is -2.29. The van der Waals surface area contributed by atoms with Gasteiger partial charge in [0.2, 0.25) is 0 Å². The maximum absolute atomic E-state index is 12.6. The van der Waals surface area contributed by atoms with Gasteiger partial charge in [-0.05, 0) is 38.7 Å². The van der Waals surface area contributed by atoms with Crippen LogP contribution in [-0.2, 0) is 9.47 Å². The van der Waals surface area contributed by atoms with E-state index >= 15 is 0 Å². The molecule has 0 bridgehead atoms. The zero-order chi connectivity index (χ0) is 16.9. The quantitative estimate of drug-likeness (QED) is 0.790. The number of hydrogen-bond acceptors (Lipinski definition) is 5. The third-order valence-corrected chi connectivity index (χ3v) is 4.42. The van der Waals surface area contributed by atoms with E-state index in [1.807, 2.05) is 13.0 Å². The molecule has 0 atom stereocenters. The minimum atomic E-state index is -0.145. The van der Waals surface area contributed by atoms with Gasteiger partial charge in [-0.2, -0.15) is 0 Å². The molecule has 0 saturated heterocycles. The highest BCUT2D eigenvalue weighted by Crippen LogP contribution is 2.22. The molecular weight excluding hydrogens is 308 g/mol. The summed E-state index contributed by atoms with van der Waals surface area (Å²) in [5.41, 5.74) is 2.84. The third-order valence-electron chi connectivity index (χ3n) is 4.42. The molecule has 0 spiro atoms. The number of hydrogen-bond donors (Lipinski definition) is 2. The van der Waals surface area contributed by atoms with Gasteiger partial charge in [0.1, 0.15) is 6.33 Å². The van der Waals surface area contributed by atoms with E-state index in [0.29, 0.717) is 24.4 Å². The second-order valence-electron chi connectivity index (χ2n) is 6.25. The fourth-order valence-electron chi connectivity index (χ4n) is 3.17. The molecule has 24 heavy (non-hydrogen) atoms. The number of carbonyl (C=O) groups is 1. The van der Waals surface area contributed by atoms with E-state index in [2.05, 4.69) is 20.3 Å². The predicted octanol–water partition coefficient (Wildman–Crippen LogP) is 1.97. The van der Waals surface area contributed by atoms with Crippen molar-refractivity contribution in [1.29, 1.82) is 0 Å². The highest BCUT2D eigenvalue weighted by molar-refractivity contribution is 6.03. The molecule has 7 heteroatoms. The summed E-state index contributed by atoms with van der Waals surface area (Å²) in [7, 11) is 1.67. The van der Waals surface area contributed by atoms with E-state index in [9.17, 15) is 4.79 Å². The van der Waals surface area contributed by atoms with Crippen LogP contribution >= 0.6 is 0 Å². The minimum Gasteiger partial charge on any atom is -0.382 e. The van der Waals surface area contributed by atoms with Gasteiger partial charge in [0.05, 0.1) is 30.4 Å². The van der Waals surface area contributed by atoms with Crippen LogP contribution in [0.2, 0.25) is 0 Å². The smallest absolute Gasteiger partial charge is 0.272 e. The van der Waals surface area contributed by atoms with Crippen LogP contribution in [0.5, 0.6) is 0 Å². The number of aromatic nitrogens is 3. The molecule has 1 fully saturated rings. The number of H-pyrrole nitrogens is 1. The van der Waals surface area contributed by atoms with Gasteiger partial charge in [-0.3, -0.25) is 4.79 Å². The Morgan fingerprint density at radius 2 is 2.08 bits per heavy atom. The Hall–Kier alpha value is -1.99. The number of aryl methyl sites for hydroxylation is 1. The number of nitrogens with zero attached hydrogens (tertiary/aromatic N) is 2. The van der Waals surface area contributed by atoms with Gasteiger partial charge in [-0.25, -0.2) is 9.97 Å². The molecule has 0 unspecified atom stereocenters. The summed E-state index contributed by atoms with van der Waals surface area (Å²) in [4.78, 5) is 24.1. The van der Waals surface area contributed by atoms with Crippen LogP contribution in [0.25, 0.3) is 11.0 Å². The highest BCUT2D eigenvalue weighted by Gasteiger charge is 2.24. The highest BCUT2D eigenvalue weighted by atomic mass is 16.5. The Labute approximate surface area is 141 Å². The molecule has 1 aliphatic rings. The van der Waals surface area contributed by atoms with Crippen molar-refractivity contribution in [1.82, 2.24) is 20.3 Å². The van der Waals surface area contributed by atoms with Crippen LogP contribution in [0, 0.1) is 6.92 Å². The predicted molar refractivity (Wildman–Crippen MR) is 90.0 cm³/mol. The number of rotatable bonds is 6. The van der Waals surface area contributed by atoms with Crippen LogP contribution in [0.4, 0.5) is 0 Å². The first-order chi connectivity index (χ1) is 11.7. The maximum Gasteiger partial charge on any atom is 0.272 e. The van der Waals surface area contributed by atoms with Crippen molar-refractivity contribution in [3.05, 3.63) is 23.8 Å². The Bertz CT molecular complexity index is 692. The summed E-state index contributed by atoms with van der Waals surface area (Å²) >= 11 is 0. The van der Waals surface area contributed by atoms with E-state index < -0.39 is 0 Å². The Morgan fingerprint density at radius 1 is 1.29 bits per heavy atom. The van der Waals surface area contributed by atoms with Gasteiger partial charge in [0.25, 0.3) is 5.91 Å². The first-order valence-corrected chi connectivity index (χ1v) is 8.39. The SMILES string of the molecule is COCCOC1CCC(NC(=O)c2ncnc3cc(C)[nH]c23)CC1. The zero-order valence-corrected chi connectivity index (χ0v) is 14.2. The van der Waals surface area contributed by atoms with Crippen LogP contribution < -0.4 is 5.32 Å². The lowest BCUT2D eigenvalue weighted by atomic mass is 9.93. The minimum absolute atomic E-state index is 0.145. The van der Waals surface area contributed by atoms with Crippen molar-refractivity contribution in [3.8, 4) is 0 Å². The molecule has 2 heterocycles. The summed E-state index contributed by atoms with van der Waals surface area (Å²) < 4.78 is 10.8. The lowest BCUT2D eigenvalue weighted by Crippen LogP contribution is -2.39. The molecule has 2 aromatic rings. The number of nitrogens with one attached hydrogen (secondary N) is 2. The van der Waals surface area contributed by atoms with Gasteiger partial charge in [0, 0.05) is 18.8 Å². The largest absolute Gasteiger partial charge is 0.382 e. The molecule has 2 N–H and O–H groups in total. The van der Waals surface area contributed by atoms with Crippen molar-refractivity contribution in [2.24, 2.45) is 0 Å². The number of carbonyl (C=O) groups excluding carboxylic acids is 1. The average molecular weight is 332 g/mol. The first-order valence-electron chi connectivity index (χ1n) is 8.39. The monoisotopic (exact) mass is 332 g/mol. The van der Waals surface area contributed by atoms with Gasteiger partial charge < -0.3 is 19.8 Å². The normalized spacial score (nSPS) is 21.1. The van der Waals surface area contributed by atoms with E-state index in [1.165, 1.54) is 6.33 Å². The van der Waals surface area contributed by atoms with Crippen LogP contribution in [0.3, 0.4) is 0 Å². The van der Waals surface area contributed by atoms with Gasteiger partial charge >= 0.3 is 0 Å². The summed E-state index contributed by atoms with van der Waals surface area (Å²) in [6.07, 6.45) is 5.45. The van der Waals surface area contributed by atoms with Crippen molar-refractivity contribution in [2.75, 3.05) is 20.3 Å². The van der Waals surface area contributed by atoms with Gasteiger partial charge in [-0.1, -0.05) is 0 Å². The summed E-state index contributed by atoms with van der Waals surface area (Å²) in [6.45, 7) is 3.19. The Morgan fingerprint density at radius 3 is 2.83 bits per heavy atom. The molecule has 7 nitrogen and oxygen atoms in total. The second-order valence-corrected chi connectivity index (χ2v) is 6.25. The van der Waals surface area contributed by atoms with Crippen molar-refractivity contribution < 1.29 is 14.3 Å². The van der Waals surface area contributed by atoms with Crippen LogP contribution in [0.1, 0.15) is 41.9 Å². The fourth-order valence-corrected chi connectivity index (χ4v) is 3.17. The van der Waals surface area contributed by atoms with E-state index in [-0.39, 0.29) is 18.1 Å². The second kappa shape index (κ2) is 7.72. The van der Waals surface area contributed by atoms with Crippen molar-refractivity contribution in [2.45, 2.75) is 44.8 Å². The van der Waals surface area contributed by atoms with E-state index in [1.54, 1.807) is 7.11 Å². The average Bonchev–Trinajstić information content (AvgIpc) is 2.96. The standard InChI is InChI=1S/C17H24N4O3/c1-11-9-14-15(20-11)16(19-10-18-14)17(22)21-12-3-5-13(6-4-12)24-8-7-23-2/h9-10,12-13,20H,3-8H2,1-2H3,(H,21,22). The Kier molecular flexibility index (Phi) is 5.42. The Balaban J connectivity index is 1.56. The maximum atomic E-state index is 12.6. The number of methoxy groups -OCH3 is 1. The topological polar surface area (TPSA) is 89.1 Å². The van der Waals surface area contributed by atoms with Crippen LogP contribution in [0.15, 0.2) is 12.4 Å². The number of aromatic amines is 1. The molecule has 1 saturated carbocycles. The molecule has 1 aliphatic carbocycles. The van der Waals surface area contributed by atoms with Crippen LogP contribution in [-0.4, -0.2) is 53.3 Å². The van der Waals surface area contributed by atoms with Crippen molar-refractivity contribution >= 4 is 16.9 Å². The third kappa shape index (κ3) is 3.91. The van der Waals surface area contributed by atoms with Gasteiger partial charge in [-0.15, -0.1) is 0 Å². The molecule has 2 aromatic heterocycles. The zero-order valence-electron chi connectivity index (χ0n) is 14.2. The summed E-state index contributed by atoms with van der Waals surface area (Å²) in [5.74, 6) is -0.145. The fraction of sp³-hybridized carbons (Fsp3) is 0.588. The molecule has 1 amide bonds. The van der Waals surface area contributed by atoms with Crippen molar-refractivity contribution in [3.63, 3.8) is 0 Å². The molecule has 130 valence electrons. The first kappa shape index (κ1) is 16.9. The molecule has 0 aliphatic heterocycles. The van der Waals surface area contributed by atoms with E-state index in [0.717, 1.165) is 36.9 Å².